The zero-order valence-electron chi connectivity index (χ0n) is 14.6. The van der Waals surface area contributed by atoms with Crippen molar-refractivity contribution in [2.45, 2.75) is 40.0 Å². The Hall–Kier alpha value is -0.650. The van der Waals surface area contributed by atoms with E-state index < -0.39 is 0 Å². The largest absolute Gasteiger partial charge is 0.383 e. The van der Waals surface area contributed by atoms with Crippen molar-refractivity contribution in [3.8, 4) is 0 Å². The molecule has 0 spiro atoms. The van der Waals surface area contributed by atoms with Crippen LogP contribution in [0.25, 0.3) is 0 Å². The highest BCUT2D eigenvalue weighted by atomic mass is 16.5. The number of carbonyl (C=O) groups excluding carboxylic acids is 1. The quantitative estimate of drug-likeness (QED) is 0.606. The van der Waals surface area contributed by atoms with Crippen molar-refractivity contribution in [3.05, 3.63) is 0 Å². The Morgan fingerprint density at radius 3 is 2.48 bits per heavy atom. The number of nitrogens with two attached hydrogens (primary N) is 1. The highest BCUT2D eigenvalue weighted by molar-refractivity contribution is 5.75. The molecule has 1 unspecified atom stereocenters. The molecule has 0 rings (SSSR count). The first-order valence-corrected chi connectivity index (χ1v) is 7.95. The van der Waals surface area contributed by atoms with Gasteiger partial charge >= 0.3 is 0 Å². The second-order valence-electron chi connectivity index (χ2n) is 6.83. The lowest BCUT2D eigenvalue weighted by atomic mass is 9.76. The molecule has 0 aromatic heterocycles. The average molecular weight is 301 g/mol. The maximum atomic E-state index is 11.9. The number of carbonyl (C=O) groups is 1. The van der Waals surface area contributed by atoms with Crippen molar-refractivity contribution in [1.29, 1.82) is 0 Å². The number of likely N-dealkylation sites (N-methyl/N-ethyl adjacent to an activating group) is 1. The topological polar surface area (TPSA) is 67.6 Å². The van der Waals surface area contributed by atoms with Gasteiger partial charge in [-0.3, -0.25) is 4.79 Å². The first-order valence-electron chi connectivity index (χ1n) is 7.95. The molecule has 0 saturated carbocycles. The number of hydrogen-bond acceptors (Lipinski definition) is 4. The maximum Gasteiger partial charge on any atom is 0.220 e. The number of ether oxygens (including phenoxy) is 1. The molecule has 0 aliphatic heterocycles. The van der Waals surface area contributed by atoms with Gasteiger partial charge in [-0.2, -0.15) is 0 Å². The molecule has 3 N–H and O–H groups in total. The van der Waals surface area contributed by atoms with Crippen molar-refractivity contribution < 1.29 is 9.53 Å². The minimum Gasteiger partial charge on any atom is -0.383 e. The summed E-state index contributed by atoms with van der Waals surface area (Å²) in [6, 6.07) is 0. The Bertz CT molecular complexity index is 277. The minimum atomic E-state index is 0.140. The Morgan fingerprint density at radius 1 is 1.29 bits per heavy atom. The molecule has 1 atom stereocenters. The summed E-state index contributed by atoms with van der Waals surface area (Å²) in [4.78, 5) is 14.0. The molecule has 126 valence electrons. The van der Waals surface area contributed by atoms with Crippen LogP contribution in [0.3, 0.4) is 0 Å². The lowest BCUT2D eigenvalue weighted by molar-refractivity contribution is -0.121. The molecule has 0 fully saturated rings. The fraction of sp³-hybridized carbons (Fsp3) is 0.938. The van der Waals surface area contributed by atoms with Crippen LogP contribution in [-0.4, -0.2) is 57.8 Å². The smallest absolute Gasteiger partial charge is 0.220 e. The molecule has 0 saturated heterocycles. The average Bonchev–Trinajstić information content (AvgIpc) is 2.39. The summed E-state index contributed by atoms with van der Waals surface area (Å²) in [5.74, 6) is 0.638. The molecule has 0 heterocycles. The van der Waals surface area contributed by atoms with E-state index in [-0.39, 0.29) is 11.3 Å². The van der Waals surface area contributed by atoms with E-state index in [1.165, 1.54) is 0 Å². The predicted molar refractivity (Wildman–Crippen MR) is 88.2 cm³/mol. The molecule has 5 nitrogen and oxygen atoms in total. The van der Waals surface area contributed by atoms with E-state index in [0.29, 0.717) is 25.4 Å². The molecule has 21 heavy (non-hydrogen) atoms. The van der Waals surface area contributed by atoms with Gasteiger partial charge in [0.15, 0.2) is 0 Å². The van der Waals surface area contributed by atoms with Crippen molar-refractivity contribution in [2.24, 2.45) is 17.1 Å². The first-order chi connectivity index (χ1) is 9.81. The number of hydrogen-bond donors (Lipinski definition) is 2. The van der Waals surface area contributed by atoms with Gasteiger partial charge < -0.3 is 20.7 Å². The molecule has 1 amide bonds. The van der Waals surface area contributed by atoms with Crippen LogP contribution < -0.4 is 11.1 Å². The third kappa shape index (κ3) is 10.7. The fourth-order valence-electron chi connectivity index (χ4n) is 2.35. The van der Waals surface area contributed by atoms with E-state index in [0.717, 1.165) is 32.5 Å². The summed E-state index contributed by atoms with van der Waals surface area (Å²) in [6.07, 6.45) is 2.48. The number of amides is 1. The van der Waals surface area contributed by atoms with E-state index >= 15 is 0 Å². The van der Waals surface area contributed by atoms with Crippen LogP contribution in [0.5, 0.6) is 0 Å². The van der Waals surface area contributed by atoms with E-state index in [4.69, 9.17) is 10.5 Å². The molecule has 0 aliphatic carbocycles. The van der Waals surface area contributed by atoms with Crippen molar-refractivity contribution in [3.63, 3.8) is 0 Å². The number of methoxy groups -OCH3 is 1. The molecule has 0 radical (unpaired) electrons. The van der Waals surface area contributed by atoms with E-state index in [9.17, 15) is 4.79 Å². The lowest BCUT2D eigenvalue weighted by Crippen LogP contribution is -2.35. The van der Waals surface area contributed by atoms with Gasteiger partial charge in [0.25, 0.3) is 0 Å². The number of nitrogens with one attached hydrogen (secondary N) is 1. The fourth-order valence-corrected chi connectivity index (χ4v) is 2.35. The highest BCUT2D eigenvalue weighted by Gasteiger charge is 2.24. The predicted octanol–water partition coefficient (Wildman–Crippen LogP) is 1.47. The summed E-state index contributed by atoms with van der Waals surface area (Å²) in [5, 5.41) is 2.99. The summed E-state index contributed by atoms with van der Waals surface area (Å²) in [7, 11) is 3.73. The monoisotopic (exact) mass is 301 g/mol. The van der Waals surface area contributed by atoms with Crippen LogP contribution in [-0.2, 0) is 9.53 Å². The van der Waals surface area contributed by atoms with Crippen LogP contribution in [0.1, 0.15) is 40.0 Å². The number of nitrogens with zero attached hydrogens (tertiary/aromatic N) is 1. The molecule has 0 aromatic carbocycles. The summed E-state index contributed by atoms with van der Waals surface area (Å²) < 4.78 is 5.02. The SMILES string of the molecule is COCCN(C)CCNC(=O)CCC(CCN)C(C)(C)C. The molecule has 0 bridgehead atoms. The Kier molecular flexibility index (Phi) is 10.6. The summed E-state index contributed by atoms with van der Waals surface area (Å²) >= 11 is 0. The van der Waals surface area contributed by atoms with Gasteiger partial charge in [0.1, 0.15) is 0 Å². The van der Waals surface area contributed by atoms with Gasteiger partial charge in [0, 0.05) is 33.2 Å². The standard InChI is InChI=1S/C16H35N3O2/c1-16(2,3)14(8-9-17)6-7-15(20)18-10-11-19(4)12-13-21-5/h14H,6-13,17H2,1-5H3,(H,18,20). The second kappa shape index (κ2) is 11.0. The molecule has 0 aromatic rings. The Morgan fingerprint density at radius 2 is 1.95 bits per heavy atom. The normalized spacial score (nSPS) is 13.5. The Labute approximate surface area is 130 Å². The molecule has 5 heteroatoms. The van der Waals surface area contributed by atoms with Crippen LogP contribution in [0.15, 0.2) is 0 Å². The molecular formula is C16H35N3O2. The van der Waals surface area contributed by atoms with Crippen LogP contribution in [0, 0.1) is 11.3 Å². The third-order valence-corrected chi connectivity index (χ3v) is 3.95. The first kappa shape index (κ1) is 20.3. The van der Waals surface area contributed by atoms with Gasteiger partial charge in [-0.25, -0.2) is 0 Å². The van der Waals surface area contributed by atoms with Crippen LogP contribution in [0.2, 0.25) is 0 Å². The maximum absolute atomic E-state index is 11.9. The van der Waals surface area contributed by atoms with E-state index in [1.807, 2.05) is 7.05 Å². The van der Waals surface area contributed by atoms with Gasteiger partial charge in [-0.15, -0.1) is 0 Å². The van der Waals surface area contributed by atoms with Gasteiger partial charge in [0.2, 0.25) is 5.91 Å². The van der Waals surface area contributed by atoms with Gasteiger partial charge in [-0.05, 0) is 37.8 Å². The summed E-state index contributed by atoms with van der Waals surface area (Å²) in [5.41, 5.74) is 5.88. The van der Waals surface area contributed by atoms with Crippen molar-refractivity contribution >= 4 is 5.91 Å². The highest BCUT2D eigenvalue weighted by Crippen LogP contribution is 2.31. The van der Waals surface area contributed by atoms with Crippen molar-refractivity contribution in [1.82, 2.24) is 10.2 Å². The minimum absolute atomic E-state index is 0.140. The third-order valence-electron chi connectivity index (χ3n) is 3.95. The van der Waals surface area contributed by atoms with Crippen molar-refractivity contribution in [2.75, 3.05) is 46.9 Å². The Balaban J connectivity index is 3.88. The summed E-state index contributed by atoms with van der Waals surface area (Å²) in [6.45, 7) is 10.5. The molecular weight excluding hydrogens is 266 g/mol. The molecule has 0 aliphatic rings. The van der Waals surface area contributed by atoms with Gasteiger partial charge in [-0.1, -0.05) is 20.8 Å². The van der Waals surface area contributed by atoms with Crippen LogP contribution >= 0.6 is 0 Å². The number of rotatable bonds is 11. The van der Waals surface area contributed by atoms with Gasteiger partial charge in [0.05, 0.1) is 6.61 Å². The lowest BCUT2D eigenvalue weighted by Gasteiger charge is -2.30. The zero-order chi connectivity index (χ0) is 16.3. The second-order valence-corrected chi connectivity index (χ2v) is 6.83. The van der Waals surface area contributed by atoms with Crippen LogP contribution in [0.4, 0.5) is 0 Å². The zero-order valence-corrected chi connectivity index (χ0v) is 14.6. The van der Waals surface area contributed by atoms with E-state index in [1.54, 1.807) is 7.11 Å². The van der Waals surface area contributed by atoms with E-state index in [2.05, 4.69) is 31.0 Å².